The van der Waals surface area contributed by atoms with Crippen LogP contribution in [-0.4, -0.2) is 22.7 Å². The zero-order valence-corrected chi connectivity index (χ0v) is 8.63. The van der Waals surface area contributed by atoms with Crippen LogP contribution in [0.2, 0.25) is 0 Å². The Balaban J connectivity index is 2.92. The summed E-state index contributed by atoms with van der Waals surface area (Å²) in [5.74, 6) is -0.354. The van der Waals surface area contributed by atoms with Crippen LogP contribution >= 0.6 is 0 Å². The molecule has 0 aliphatic carbocycles. The molecule has 1 aromatic heterocycles. The van der Waals surface area contributed by atoms with Crippen molar-refractivity contribution in [2.24, 2.45) is 0 Å². The van der Waals surface area contributed by atoms with Crippen molar-refractivity contribution in [2.75, 3.05) is 6.61 Å². The number of esters is 1. The van der Waals surface area contributed by atoms with E-state index in [-0.39, 0.29) is 5.97 Å². The second-order valence-corrected chi connectivity index (χ2v) is 3.16. The Morgan fingerprint density at radius 3 is 2.79 bits per heavy atom. The van der Waals surface area contributed by atoms with E-state index in [1.54, 1.807) is 26.8 Å². The van der Waals surface area contributed by atoms with Crippen LogP contribution in [0.25, 0.3) is 0 Å². The lowest BCUT2D eigenvalue weighted by Gasteiger charge is -1.99. The van der Waals surface area contributed by atoms with Crippen LogP contribution in [0.1, 0.15) is 41.7 Å². The Kier molecular flexibility index (Phi) is 3.30. The van der Waals surface area contributed by atoms with Gasteiger partial charge in [0.05, 0.1) is 18.3 Å². The molecule has 0 aliphatic rings. The van der Waals surface area contributed by atoms with Crippen molar-refractivity contribution in [1.82, 2.24) is 4.98 Å². The summed E-state index contributed by atoms with van der Waals surface area (Å²) in [7, 11) is 0. The van der Waals surface area contributed by atoms with Gasteiger partial charge in [0.1, 0.15) is 0 Å². The van der Waals surface area contributed by atoms with E-state index >= 15 is 0 Å². The summed E-state index contributed by atoms with van der Waals surface area (Å²) in [5.41, 5.74) is 1.84. The zero-order chi connectivity index (χ0) is 10.7. The highest BCUT2D eigenvalue weighted by atomic mass is 16.5. The SMILES string of the molecule is CCOC(=O)c1cc(C(C)O)[nH]c1C. The summed E-state index contributed by atoms with van der Waals surface area (Å²) in [4.78, 5) is 14.3. The zero-order valence-electron chi connectivity index (χ0n) is 8.63. The molecule has 4 nitrogen and oxygen atoms in total. The number of hydrogen-bond acceptors (Lipinski definition) is 3. The van der Waals surface area contributed by atoms with Crippen LogP contribution in [0.5, 0.6) is 0 Å². The molecule has 0 radical (unpaired) electrons. The molecule has 0 saturated heterocycles. The number of carbonyl (C=O) groups excluding carboxylic acids is 1. The summed E-state index contributed by atoms with van der Waals surface area (Å²) >= 11 is 0. The van der Waals surface area contributed by atoms with Crippen LogP contribution in [0, 0.1) is 6.92 Å². The molecule has 1 atom stereocenters. The third-order valence-electron chi connectivity index (χ3n) is 1.98. The standard InChI is InChI=1S/C10H15NO3/c1-4-14-10(13)8-5-9(7(3)12)11-6(8)2/h5,7,11-12H,4H2,1-3H3. The Labute approximate surface area is 82.9 Å². The minimum absolute atomic E-state index is 0.354. The molecule has 0 saturated carbocycles. The van der Waals surface area contributed by atoms with Gasteiger partial charge in [-0.15, -0.1) is 0 Å². The van der Waals surface area contributed by atoms with Crippen molar-refractivity contribution in [1.29, 1.82) is 0 Å². The van der Waals surface area contributed by atoms with Crippen LogP contribution in [0.3, 0.4) is 0 Å². The first-order valence-corrected chi connectivity index (χ1v) is 4.61. The van der Waals surface area contributed by atoms with Gasteiger partial charge in [0.2, 0.25) is 0 Å². The maximum absolute atomic E-state index is 11.4. The molecule has 1 rings (SSSR count). The van der Waals surface area contributed by atoms with E-state index in [4.69, 9.17) is 4.74 Å². The molecule has 0 aromatic carbocycles. The molecule has 4 heteroatoms. The first-order chi connectivity index (χ1) is 6.56. The van der Waals surface area contributed by atoms with Gasteiger partial charge in [0.15, 0.2) is 0 Å². The number of hydrogen-bond donors (Lipinski definition) is 2. The van der Waals surface area contributed by atoms with Crippen molar-refractivity contribution in [3.8, 4) is 0 Å². The molecule has 14 heavy (non-hydrogen) atoms. The monoisotopic (exact) mass is 197 g/mol. The van der Waals surface area contributed by atoms with E-state index in [0.717, 1.165) is 5.69 Å². The maximum atomic E-state index is 11.4. The highest BCUT2D eigenvalue weighted by Crippen LogP contribution is 2.16. The summed E-state index contributed by atoms with van der Waals surface area (Å²) in [6.07, 6.45) is -0.600. The van der Waals surface area contributed by atoms with E-state index in [0.29, 0.717) is 17.9 Å². The molecular weight excluding hydrogens is 182 g/mol. The Morgan fingerprint density at radius 2 is 2.36 bits per heavy atom. The summed E-state index contributed by atoms with van der Waals surface area (Å²) in [6.45, 7) is 5.53. The van der Waals surface area contributed by atoms with E-state index in [2.05, 4.69) is 4.98 Å². The summed E-state index contributed by atoms with van der Waals surface area (Å²) < 4.78 is 4.86. The van der Waals surface area contributed by atoms with E-state index in [9.17, 15) is 9.90 Å². The minimum atomic E-state index is -0.600. The van der Waals surface area contributed by atoms with Crippen LogP contribution < -0.4 is 0 Å². The molecule has 0 spiro atoms. The molecule has 1 aromatic rings. The fourth-order valence-electron chi connectivity index (χ4n) is 1.23. The number of aliphatic hydroxyl groups is 1. The number of aliphatic hydroxyl groups excluding tert-OH is 1. The van der Waals surface area contributed by atoms with Crippen molar-refractivity contribution in [2.45, 2.75) is 26.9 Å². The highest BCUT2D eigenvalue weighted by Gasteiger charge is 2.15. The maximum Gasteiger partial charge on any atom is 0.339 e. The third-order valence-corrected chi connectivity index (χ3v) is 1.98. The summed E-state index contributed by atoms with van der Waals surface area (Å²) in [5, 5.41) is 9.29. The lowest BCUT2D eigenvalue weighted by Crippen LogP contribution is -2.04. The number of nitrogens with one attached hydrogen (secondary N) is 1. The average molecular weight is 197 g/mol. The van der Waals surface area contributed by atoms with Crippen LogP contribution in [0.4, 0.5) is 0 Å². The van der Waals surface area contributed by atoms with Crippen molar-refractivity contribution in [3.63, 3.8) is 0 Å². The first kappa shape index (κ1) is 10.8. The highest BCUT2D eigenvalue weighted by molar-refractivity contribution is 5.91. The molecule has 1 unspecified atom stereocenters. The van der Waals surface area contributed by atoms with Gasteiger partial charge in [-0.1, -0.05) is 0 Å². The van der Waals surface area contributed by atoms with E-state index in [1.165, 1.54) is 0 Å². The van der Waals surface area contributed by atoms with Crippen LogP contribution in [-0.2, 0) is 4.74 Å². The lowest BCUT2D eigenvalue weighted by atomic mass is 10.2. The average Bonchev–Trinajstić information content (AvgIpc) is 2.48. The fraction of sp³-hybridized carbons (Fsp3) is 0.500. The molecule has 0 aliphatic heterocycles. The van der Waals surface area contributed by atoms with Gasteiger partial charge >= 0.3 is 5.97 Å². The summed E-state index contributed by atoms with van der Waals surface area (Å²) in [6, 6.07) is 1.62. The third kappa shape index (κ3) is 2.14. The number of carbonyl (C=O) groups is 1. The molecule has 2 N–H and O–H groups in total. The van der Waals surface area contributed by atoms with Gasteiger partial charge in [-0.05, 0) is 26.8 Å². The van der Waals surface area contributed by atoms with Gasteiger partial charge < -0.3 is 14.8 Å². The van der Waals surface area contributed by atoms with Gasteiger partial charge in [0.25, 0.3) is 0 Å². The van der Waals surface area contributed by atoms with Gasteiger partial charge in [-0.3, -0.25) is 0 Å². The lowest BCUT2D eigenvalue weighted by molar-refractivity contribution is 0.0525. The number of ether oxygens (including phenoxy) is 1. The largest absolute Gasteiger partial charge is 0.462 e. The number of aromatic nitrogens is 1. The van der Waals surface area contributed by atoms with Crippen molar-refractivity contribution in [3.05, 3.63) is 23.0 Å². The van der Waals surface area contributed by atoms with Gasteiger partial charge in [-0.2, -0.15) is 0 Å². The predicted octanol–water partition coefficient (Wildman–Crippen LogP) is 1.55. The Bertz CT molecular complexity index is 328. The number of aromatic amines is 1. The topological polar surface area (TPSA) is 62.3 Å². The van der Waals surface area contributed by atoms with Crippen molar-refractivity contribution < 1.29 is 14.6 Å². The quantitative estimate of drug-likeness (QED) is 0.723. The minimum Gasteiger partial charge on any atom is -0.462 e. The second-order valence-electron chi connectivity index (χ2n) is 3.16. The normalized spacial score (nSPS) is 12.6. The first-order valence-electron chi connectivity index (χ1n) is 4.61. The fourth-order valence-corrected chi connectivity index (χ4v) is 1.23. The molecule has 0 bridgehead atoms. The number of H-pyrrole nitrogens is 1. The molecule has 1 heterocycles. The van der Waals surface area contributed by atoms with Gasteiger partial charge in [-0.25, -0.2) is 4.79 Å². The van der Waals surface area contributed by atoms with Crippen molar-refractivity contribution >= 4 is 5.97 Å². The smallest absolute Gasteiger partial charge is 0.339 e. The number of rotatable bonds is 3. The van der Waals surface area contributed by atoms with E-state index < -0.39 is 6.10 Å². The Morgan fingerprint density at radius 1 is 1.71 bits per heavy atom. The number of aryl methyl sites for hydroxylation is 1. The Hall–Kier alpha value is -1.29. The predicted molar refractivity (Wildman–Crippen MR) is 52.1 cm³/mol. The second kappa shape index (κ2) is 4.28. The molecule has 0 amide bonds. The molecule has 78 valence electrons. The van der Waals surface area contributed by atoms with E-state index in [1.807, 2.05) is 0 Å². The molecule has 0 fully saturated rings. The van der Waals surface area contributed by atoms with Crippen LogP contribution in [0.15, 0.2) is 6.07 Å². The molecular formula is C10H15NO3. The van der Waals surface area contributed by atoms with Gasteiger partial charge in [0, 0.05) is 11.4 Å².